The first kappa shape index (κ1) is 24.1. The fourth-order valence-electron chi connectivity index (χ4n) is 3.18. The lowest BCUT2D eigenvalue weighted by molar-refractivity contribution is -0.136. The quantitative estimate of drug-likeness (QED) is 0.238. The number of rotatable bonds is 9. The molecule has 0 saturated heterocycles. The van der Waals surface area contributed by atoms with Gasteiger partial charge in [0.15, 0.2) is 6.61 Å². The Bertz CT molecular complexity index is 1030. The standard InChI is InChI=1S/C28H30O5/c1-28(2,3)23-13-17-24(18-14-23)32-20-26(29)33-25-15-11-22(12-16-25)27(30)31-19-7-10-21-8-5-4-6-9-21/h4-6,8-9,11-18H,7,10,19-20H2,1-3H3. The number of hydrogen-bond acceptors (Lipinski definition) is 5. The number of carbonyl (C=O) groups is 2. The van der Waals surface area contributed by atoms with Crippen LogP contribution in [0, 0.1) is 0 Å². The van der Waals surface area contributed by atoms with E-state index in [0.717, 1.165) is 12.8 Å². The third-order valence-electron chi connectivity index (χ3n) is 5.08. The third-order valence-corrected chi connectivity index (χ3v) is 5.08. The summed E-state index contributed by atoms with van der Waals surface area (Å²) in [7, 11) is 0. The fraction of sp³-hybridized carbons (Fsp3) is 0.286. The van der Waals surface area contributed by atoms with Gasteiger partial charge in [0.05, 0.1) is 12.2 Å². The van der Waals surface area contributed by atoms with Crippen molar-refractivity contribution < 1.29 is 23.8 Å². The van der Waals surface area contributed by atoms with Crippen LogP contribution in [0.3, 0.4) is 0 Å². The van der Waals surface area contributed by atoms with Crippen LogP contribution in [0.5, 0.6) is 11.5 Å². The van der Waals surface area contributed by atoms with Gasteiger partial charge in [0.1, 0.15) is 11.5 Å². The van der Waals surface area contributed by atoms with E-state index in [4.69, 9.17) is 14.2 Å². The number of aryl methyl sites for hydroxylation is 1. The summed E-state index contributed by atoms with van der Waals surface area (Å²) in [6.45, 7) is 6.55. The van der Waals surface area contributed by atoms with Crippen molar-refractivity contribution in [2.45, 2.75) is 39.0 Å². The van der Waals surface area contributed by atoms with E-state index in [0.29, 0.717) is 23.7 Å². The first-order valence-corrected chi connectivity index (χ1v) is 11.1. The predicted molar refractivity (Wildman–Crippen MR) is 128 cm³/mol. The zero-order valence-corrected chi connectivity index (χ0v) is 19.4. The molecule has 0 amide bonds. The summed E-state index contributed by atoms with van der Waals surface area (Å²) in [5, 5.41) is 0. The van der Waals surface area contributed by atoms with E-state index in [9.17, 15) is 9.59 Å². The highest BCUT2D eigenvalue weighted by atomic mass is 16.6. The van der Waals surface area contributed by atoms with E-state index in [-0.39, 0.29) is 12.0 Å². The number of benzene rings is 3. The molecule has 0 N–H and O–H groups in total. The molecule has 5 nitrogen and oxygen atoms in total. The molecule has 0 radical (unpaired) electrons. The summed E-state index contributed by atoms with van der Waals surface area (Å²) in [5.41, 5.74) is 2.86. The molecule has 0 saturated carbocycles. The summed E-state index contributed by atoms with van der Waals surface area (Å²) in [6.07, 6.45) is 1.61. The number of carbonyl (C=O) groups excluding carboxylic acids is 2. The number of ether oxygens (including phenoxy) is 3. The Hall–Kier alpha value is -3.60. The molecule has 3 rings (SSSR count). The van der Waals surface area contributed by atoms with Gasteiger partial charge >= 0.3 is 11.9 Å². The van der Waals surface area contributed by atoms with Crippen LogP contribution in [0.2, 0.25) is 0 Å². The Kier molecular flexibility index (Phi) is 8.25. The molecule has 0 heterocycles. The van der Waals surface area contributed by atoms with Crippen LogP contribution in [0.4, 0.5) is 0 Å². The Balaban J connectivity index is 1.40. The van der Waals surface area contributed by atoms with Gasteiger partial charge in [-0.25, -0.2) is 9.59 Å². The van der Waals surface area contributed by atoms with Gasteiger partial charge in [-0.2, -0.15) is 0 Å². The van der Waals surface area contributed by atoms with E-state index in [1.807, 2.05) is 42.5 Å². The SMILES string of the molecule is CC(C)(C)c1ccc(OCC(=O)Oc2ccc(C(=O)OCCCc3ccccc3)cc2)cc1. The summed E-state index contributed by atoms with van der Waals surface area (Å²) < 4.78 is 16.1. The van der Waals surface area contributed by atoms with Gasteiger partial charge in [0.2, 0.25) is 0 Å². The maximum Gasteiger partial charge on any atom is 0.349 e. The van der Waals surface area contributed by atoms with Crippen LogP contribution in [-0.4, -0.2) is 25.2 Å². The molecule has 0 bridgehead atoms. The van der Waals surface area contributed by atoms with Gasteiger partial charge < -0.3 is 14.2 Å². The lowest BCUT2D eigenvalue weighted by atomic mass is 9.87. The highest BCUT2D eigenvalue weighted by Gasteiger charge is 2.14. The van der Waals surface area contributed by atoms with E-state index in [1.54, 1.807) is 24.3 Å². The second-order valence-corrected chi connectivity index (χ2v) is 8.79. The lowest BCUT2D eigenvalue weighted by Gasteiger charge is -2.19. The first-order chi connectivity index (χ1) is 15.8. The van der Waals surface area contributed by atoms with Crippen molar-refractivity contribution in [3.05, 3.63) is 95.6 Å². The molecule has 33 heavy (non-hydrogen) atoms. The van der Waals surface area contributed by atoms with Gasteiger partial charge in [-0.3, -0.25) is 0 Å². The van der Waals surface area contributed by atoms with Gasteiger partial charge in [0.25, 0.3) is 0 Å². The maximum atomic E-state index is 12.2. The second kappa shape index (κ2) is 11.3. The van der Waals surface area contributed by atoms with E-state index in [2.05, 4.69) is 32.9 Å². The molecule has 3 aromatic rings. The predicted octanol–water partition coefficient (Wildman–Crippen LogP) is 5.76. The van der Waals surface area contributed by atoms with Crippen LogP contribution in [0.1, 0.15) is 48.7 Å². The van der Waals surface area contributed by atoms with Crippen LogP contribution in [-0.2, 0) is 21.4 Å². The topological polar surface area (TPSA) is 61.8 Å². The fourth-order valence-corrected chi connectivity index (χ4v) is 3.18. The highest BCUT2D eigenvalue weighted by Crippen LogP contribution is 2.24. The average molecular weight is 447 g/mol. The Labute approximate surface area is 195 Å². The molecule has 3 aromatic carbocycles. The number of esters is 2. The summed E-state index contributed by atoms with van der Waals surface area (Å²) in [6, 6.07) is 24.0. The smallest absolute Gasteiger partial charge is 0.349 e. The molecule has 0 spiro atoms. The van der Waals surface area contributed by atoms with Crippen LogP contribution >= 0.6 is 0 Å². The molecule has 0 atom stereocenters. The number of hydrogen-bond donors (Lipinski definition) is 0. The maximum absolute atomic E-state index is 12.2. The summed E-state index contributed by atoms with van der Waals surface area (Å²) >= 11 is 0. The van der Waals surface area contributed by atoms with Crippen molar-refractivity contribution >= 4 is 11.9 Å². The van der Waals surface area contributed by atoms with Crippen molar-refractivity contribution in [3.8, 4) is 11.5 Å². The Morgan fingerprint density at radius 2 is 1.42 bits per heavy atom. The minimum Gasteiger partial charge on any atom is -0.482 e. The largest absolute Gasteiger partial charge is 0.482 e. The van der Waals surface area contributed by atoms with Gasteiger partial charge in [0, 0.05) is 0 Å². The van der Waals surface area contributed by atoms with Crippen LogP contribution < -0.4 is 9.47 Å². The van der Waals surface area contributed by atoms with Crippen molar-refractivity contribution in [1.82, 2.24) is 0 Å². The molecule has 5 heteroatoms. The Morgan fingerprint density at radius 3 is 2.06 bits per heavy atom. The van der Waals surface area contributed by atoms with E-state index >= 15 is 0 Å². The monoisotopic (exact) mass is 446 g/mol. The van der Waals surface area contributed by atoms with Gasteiger partial charge in [-0.1, -0.05) is 63.2 Å². The molecule has 0 unspecified atom stereocenters. The van der Waals surface area contributed by atoms with E-state index < -0.39 is 11.9 Å². The van der Waals surface area contributed by atoms with Crippen LogP contribution in [0.25, 0.3) is 0 Å². The van der Waals surface area contributed by atoms with Gasteiger partial charge in [-0.15, -0.1) is 0 Å². The zero-order chi connectivity index (χ0) is 23.7. The summed E-state index contributed by atoms with van der Waals surface area (Å²) in [4.78, 5) is 24.3. The van der Waals surface area contributed by atoms with Crippen molar-refractivity contribution in [2.75, 3.05) is 13.2 Å². The Morgan fingerprint density at radius 1 is 0.788 bits per heavy atom. The average Bonchev–Trinajstić information content (AvgIpc) is 2.81. The zero-order valence-electron chi connectivity index (χ0n) is 19.4. The molecular weight excluding hydrogens is 416 g/mol. The molecule has 0 aromatic heterocycles. The lowest BCUT2D eigenvalue weighted by Crippen LogP contribution is -2.18. The summed E-state index contributed by atoms with van der Waals surface area (Å²) in [5.74, 6) is 0.0201. The third kappa shape index (κ3) is 7.79. The minimum absolute atomic E-state index is 0.0538. The molecular formula is C28H30O5. The molecule has 172 valence electrons. The molecule has 0 aliphatic rings. The minimum atomic E-state index is -0.522. The first-order valence-electron chi connectivity index (χ1n) is 11.1. The normalized spacial score (nSPS) is 11.0. The van der Waals surface area contributed by atoms with Crippen molar-refractivity contribution in [3.63, 3.8) is 0 Å². The van der Waals surface area contributed by atoms with Gasteiger partial charge in [-0.05, 0) is 65.8 Å². The van der Waals surface area contributed by atoms with E-state index in [1.165, 1.54) is 11.1 Å². The second-order valence-electron chi connectivity index (χ2n) is 8.79. The molecule has 0 aliphatic carbocycles. The van der Waals surface area contributed by atoms with Crippen molar-refractivity contribution in [1.29, 1.82) is 0 Å². The molecule has 0 fully saturated rings. The highest BCUT2D eigenvalue weighted by molar-refractivity contribution is 5.89. The van der Waals surface area contributed by atoms with Crippen LogP contribution in [0.15, 0.2) is 78.9 Å². The van der Waals surface area contributed by atoms with Crippen molar-refractivity contribution in [2.24, 2.45) is 0 Å². The molecule has 0 aliphatic heterocycles.